The lowest BCUT2D eigenvalue weighted by Gasteiger charge is -2.21. The largest absolute Gasteiger partial charge is 0.416 e. The minimum atomic E-state index is -4.52. The molecule has 0 amide bonds. The quantitative estimate of drug-likeness (QED) is 0.104. The highest BCUT2D eigenvalue weighted by Crippen LogP contribution is 2.41. The van der Waals surface area contributed by atoms with Crippen LogP contribution >= 0.6 is 0 Å². The summed E-state index contributed by atoms with van der Waals surface area (Å²) < 4.78 is 171. The molecule has 17 rings (SSSR count). The number of nitrogens with zero attached hydrogens (tertiary/aromatic N) is 15. The molecule has 0 N–H and O–H groups in total. The van der Waals surface area contributed by atoms with Gasteiger partial charge in [0.05, 0.1) is 49.6 Å². The van der Waals surface area contributed by atoms with Crippen molar-refractivity contribution in [1.29, 1.82) is 0 Å². The molecule has 5 aliphatic rings. The van der Waals surface area contributed by atoms with Gasteiger partial charge in [-0.05, 0) is 176 Å². The number of para-hydroxylation sites is 2. The van der Waals surface area contributed by atoms with E-state index in [9.17, 15) is 51.2 Å². The maximum Gasteiger partial charge on any atom is 0.416 e. The SMILES string of the molecule is CN1CC=C(c2cn(S(=O)(=O)c3ccc4c(c3)CCN4C)c3ccccc23)CC1.Cc1nn(C)cc1S(=O)(=O)n1cc(C2=CCN(C)CC2)c2cc(C(F)(F)F)ccc21.Cc1nn(C)cc1S(=O)(=O)n1cc(C2=CCN(C)CC2)c2cc(F)ccc21.Cc1nn(C)cc1S(=O)(=O)n1cc(C2=CCN(C)CC2)c2ccccc21. The van der Waals surface area contributed by atoms with Gasteiger partial charge in [0.2, 0.25) is 0 Å². The first-order valence-corrected chi connectivity index (χ1v) is 42.5. The summed E-state index contributed by atoms with van der Waals surface area (Å²) in [4.78, 5) is 11.7. The van der Waals surface area contributed by atoms with Crippen LogP contribution in [-0.4, -0.2) is 193 Å². The lowest BCUT2D eigenvalue weighted by atomic mass is 9.98. The van der Waals surface area contributed by atoms with Crippen molar-refractivity contribution < 1.29 is 51.2 Å². The van der Waals surface area contributed by atoms with E-state index in [0.717, 1.165) is 150 Å². The Hall–Kier alpha value is -9.99. The number of hydrogen-bond acceptors (Lipinski definition) is 16. The van der Waals surface area contributed by atoms with E-state index in [1.54, 1.807) is 66.6 Å². The predicted molar refractivity (Wildman–Crippen MR) is 431 cm³/mol. The van der Waals surface area contributed by atoms with E-state index in [1.807, 2.05) is 94.1 Å². The van der Waals surface area contributed by atoms with E-state index >= 15 is 0 Å². The van der Waals surface area contributed by atoms with Gasteiger partial charge in [-0.2, -0.15) is 28.5 Å². The third-order valence-electron chi connectivity index (χ3n) is 21.5. The summed E-state index contributed by atoms with van der Waals surface area (Å²) in [5.74, 6) is -0.384. The maximum atomic E-state index is 13.9. The second kappa shape index (κ2) is 30.5. The van der Waals surface area contributed by atoms with E-state index in [1.165, 1.54) is 80.0 Å². The molecule has 588 valence electrons. The number of hydrogen-bond donors (Lipinski definition) is 0. The van der Waals surface area contributed by atoms with Crippen molar-refractivity contribution in [1.82, 2.24) is 64.8 Å². The van der Waals surface area contributed by atoms with Crippen LogP contribution in [0.4, 0.5) is 23.2 Å². The summed E-state index contributed by atoms with van der Waals surface area (Å²) >= 11 is 0. The van der Waals surface area contributed by atoms with Crippen molar-refractivity contribution >= 4 is 112 Å². The second-order valence-electron chi connectivity index (χ2n) is 29.5. The molecule has 12 heterocycles. The molecular weight excluding hydrogens is 1520 g/mol. The topological polar surface area (TPSA) is 226 Å². The third kappa shape index (κ3) is 15.2. The van der Waals surface area contributed by atoms with Crippen molar-refractivity contribution in [2.45, 2.75) is 78.6 Å². The molecule has 0 saturated heterocycles. The molecule has 7 aromatic heterocycles. The molecular formula is C81H89F4N15O8S4. The summed E-state index contributed by atoms with van der Waals surface area (Å²) in [6.07, 6.45) is 19.1. The van der Waals surface area contributed by atoms with Gasteiger partial charge in [-0.15, -0.1) is 0 Å². The van der Waals surface area contributed by atoms with Crippen LogP contribution in [0.15, 0.2) is 190 Å². The zero-order valence-electron chi connectivity index (χ0n) is 64.2. The predicted octanol–water partition coefficient (Wildman–Crippen LogP) is 12.7. The number of fused-ring (bicyclic) bond motifs is 5. The van der Waals surface area contributed by atoms with E-state index in [4.69, 9.17) is 0 Å². The average molecular weight is 1600 g/mol. The van der Waals surface area contributed by atoms with Crippen molar-refractivity contribution in [3.05, 3.63) is 227 Å². The van der Waals surface area contributed by atoms with Crippen LogP contribution in [0.2, 0.25) is 0 Å². The van der Waals surface area contributed by atoms with Gasteiger partial charge >= 0.3 is 6.18 Å². The normalized spacial score (nSPS) is 16.5. The van der Waals surface area contributed by atoms with Gasteiger partial charge in [-0.3, -0.25) is 14.0 Å². The van der Waals surface area contributed by atoms with Gasteiger partial charge < -0.3 is 24.5 Å². The molecule has 112 heavy (non-hydrogen) atoms. The second-order valence-corrected chi connectivity index (χ2v) is 36.7. The lowest BCUT2D eigenvalue weighted by molar-refractivity contribution is -0.137. The van der Waals surface area contributed by atoms with Crippen LogP contribution in [0.1, 0.15) is 76.1 Å². The van der Waals surface area contributed by atoms with Crippen molar-refractivity contribution in [2.75, 3.05) is 99.0 Å². The molecule has 5 aliphatic heterocycles. The van der Waals surface area contributed by atoms with E-state index in [0.29, 0.717) is 56.9 Å². The van der Waals surface area contributed by atoms with E-state index in [2.05, 4.69) is 72.1 Å². The molecule has 0 fully saturated rings. The van der Waals surface area contributed by atoms with Crippen molar-refractivity contribution in [2.24, 2.45) is 21.1 Å². The van der Waals surface area contributed by atoms with Crippen LogP contribution in [-0.2, 0) is 73.8 Å². The Bertz CT molecular complexity index is 6330. The molecule has 0 aliphatic carbocycles. The number of aryl methyl sites for hydroxylation is 6. The van der Waals surface area contributed by atoms with Gasteiger partial charge in [0.15, 0.2) is 0 Å². The van der Waals surface area contributed by atoms with E-state index < -0.39 is 51.8 Å². The molecule has 0 saturated carbocycles. The minimum Gasteiger partial charge on any atom is -0.374 e. The molecule has 0 atom stereocenters. The van der Waals surface area contributed by atoms with Crippen LogP contribution in [0.5, 0.6) is 0 Å². The Morgan fingerprint density at radius 2 is 0.714 bits per heavy atom. The average Bonchev–Trinajstić information content (AvgIpc) is 1.58. The first kappa shape index (κ1) is 78.7. The fourth-order valence-electron chi connectivity index (χ4n) is 15.4. The highest BCUT2D eigenvalue weighted by atomic mass is 32.2. The van der Waals surface area contributed by atoms with Gasteiger partial charge in [0, 0.05) is 180 Å². The first-order valence-electron chi connectivity index (χ1n) is 36.7. The molecule has 23 nitrogen and oxygen atoms in total. The Morgan fingerprint density at radius 1 is 0.366 bits per heavy atom. The number of benzene rings is 5. The number of alkyl halides is 3. The van der Waals surface area contributed by atoms with Crippen molar-refractivity contribution in [3.63, 3.8) is 0 Å². The molecule has 5 aromatic carbocycles. The summed E-state index contributed by atoms with van der Waals surface area (Å²) in [5.41, 5.74) is 12.4. The third-order valence-corrected chi connectivity index (χ3v) is 28.5. The number of anilines is 1. The van der Waals surface area contributed by atoms with Crippen LogP contribution in [0.25, 0.3) is 65.9 Å². The number of rotatable bonds is 12. The highest BCUT2D eigenvalue weighted by molar-refractivity contribution is 7.91. The summed E-state index contributed by atoms with van der Waals surface area (Å²) in [6, 6.07) is 28.4. The summed E-state index contributed by atoms with van der Waals surface area (Å²) in [5, 5.41) is 15.3. The Kier molecular flexibility index (Phi) is 21.4. The lowest BCUT2D eigenvalue weighted by Crippen LogP contribution is -2.23. The first-order chi connectivity index (χ1) is 53.1. The Balaban J connectivity index is 0.000000124. The molecule has 31 heteroatoms. The van der Waals surface area contributed by atoms with Gasteiger partial charge in [0.25, 0.3) is 40.1 Å². The highest BCUT2D eigenvalue weighted by Gasteiger charge is 2.35. The summed E-state index contributed by atoms with van der Waals surface area (Å²) in [6.45, 7) is 12.7. The smallest absolute Gasteiger partial charge is 0.374 e. The maximum absolute atomic E-state index is 13.9. The van der Waals surface area contributed by atoms with Crippen molar-refractivity contribution in [3.8, 4) is 0 Å². The Labute approximate surface area is 649 Å². The van der Waals surface area contributed by atoms with Gasteiger partial charge in [0.1, 0.15) is 20.5 Å². The molecule has 0 radical (unpaired) electrons. The molecule has 12 aromatic rings. The zero-order valence-corrected chi connectivity index (χ0v) is 67.5. The minimum absolute atomic E-state index is 0.0192. The van der Waals surface area contributed by atoms with Crippen LogP contribution < -0.4 is 4.90 Å². The molecule has 0 unspecified atom stereocenters. The van der Waals surface area contributed by atoms with E-state index in [-0.39, 0.29) is 31.4 Å². The molecule has 0 bridgehead atoms. The fourth-order valence-corrected chi connectivity index (χ4v) is 21.5. The van der Waals surface area contributed by atoms with Gasteiger partial charge in [-0.25, -0.2) is 54.0 Å². The standard InChI is InChI=1S/C23H25N3O2S.C20H21F3N4O2S.C19H21FN4O2S.C19H22N4O2S/c1-24-12-9-17(10-13-24)21-16-26(23-6-4-3-5-20(21)23)29(27,28)19-7-8-22-18(15-19)11-14-25(22)2;1-13-19(12-26(3)24-13)30(28,29)27-11-17(14-6-8-25(2)9-7-14)16-10-15(20(21,22)23)4-5-18(16)27;1-13-19(12-23(3)21-13)27(25,26)24-11-17(14-6-8-22(2)9-7-14)16-10-15(20)4-5-18(16)24;1-14-19(13-22(3)20-14)26(24,25)23-12-17(15-8-10-21(2)11-9-15)16-6-4-5-7-18(16)23/h3-9,15-16H,10-14H2,1-2H3;4-6,10-12H,7-9H2,1-3H3;4-6,10-12H,7-9H2,1-3H3;4-8,12-13H,9-11H2,1-3H3. The fraction of sp³-hybridized carbons (Fsp3) is 0.321. The Morgan fingerprint density at radius 3 is 1.07 bits per heavy atom. The monoisotopic (exact) mass is 1600 g/mol. The molecule has 0 spiro atoms. The van der Waals surface area contributed by atoms with Gasteiger partial charge in [-0.1, -0.05) is 60.7 Å². The summed E-state index contributed by atoms with van der Waals surface area (Å²) in [7, 11) is -0.0106. The number of likely N-dealkylation sites (N-methyl/N-ethyl adjacent to an activating group) is 5. The number of aromatic nitrogens is 10. The number of halogens is 4. The zero-order chi connectivity index (χ0) is 79.8. The van der Waals surface area contributed by atoms with Crippen LogP contribution in [0, 0.1) is 26.6 Å². The van der Waals surface area contributed by atoms with Crippen LogP contribution in [0.3, 0.4) is 0 Å².